The smallest absolute Gasteiger partial charge is 0.260 e. The standard InChI is InChI=1S/C24H30N4O5S3.ClH/c1-26(2)15-16-28(24-25-21-12-11-20(35(3,30)31)17-22(21)34-24)23(29)18-7-9-19(10-8-18)36(32,33)27-13-5-4-6-14-27;/h7-12,17H,4-6,13-16H2,1-3H3;1H. The van der Waals surface area contributed by atoms with Crippen LogP contribution in [-0.4, -0.2) is 83.5 Å². The van der Waals surface area contributed by atoms with Gasteiger partial charge in [-0.05, 0) is 69.4 Å². The van der Waals surface area contributed by atoms with Crippen LogP contribution in [0.2, 0.25) is 0 Å². The highest BCUT2D eigenvalue weighted by molar-refractivity contribution is 7.90. The summed E-state index contributed by atoms with van der Waals surface area (Å²) in [5.74, 6) is -0.304. The Morgan fingerprint density at radius 1 is 0.946 bits per heavy atom. The van der Waals surface area contributed by atoms with Gasteiger partial charge in [0, 0.05) is 38.0 Å². The number of carbonyl (C=O) groups is 1. The third kappa shape index (κ3) is 6.68. The van der Waals surface area contributed by atoms with Crippen molar-refractivity contribution in [3.05, 3.63) is 48.0 Å². The SMILES string of the molecule is CN(C)CCN(C(=O)c1ccc(S(=O)(=O)N2CCCCC2)cc1)c1nc2ccc(S(C)(=O)=O)cc2s1.Cl. The van der Waals surface area contributed by atoms with Gasteiger partial charge in [0.25, 0.3) is 5.91 Å². The molecule has 1 fully saturated rings. The summed E-state index contributed by atoms with van der Waals surface area (Å²) in [5, 5.41) is 0.451. The number of halogens is 1. The number of thiazole rings is 1. The summed E-state index contributed by atoms with van der Waals surface area (Å²) in [4.78, 5) is 22.0. The second-order valence-electron chi connectivity index (χ2n) is 9.15. The van der Waals surface area contributed by atoms with E-state index in [9.17, 15) is 21.6 Å². The Kier molecular flexibility index (Phi) is 9.36. The zero-order valence-corrected chi connectivity index (χ0v) is 24.2. The summed E-state index contributed by atoms with van der Waals surface area (Å²) in [6.45, 7) is 1.97. The molecule has 0 N–H and O–H groups in total. The van der Waals surface area contributed by atoms with E-state index in [4.69, 9.17) is 0 Å². The minimum atomic E-state index is -3.59. The maximum Gasteiger partial charge on any atom is 0.260 e. The molecule has 37 heavy (non-hydrogen) atoms. The van der Waals surface area contributed by atoms with Crippen molar-refractivity contribution in [2.24, 2.45) is 0 Å². The molecule has 0 spiro atoms. The van der Waals surface area contributed by atoms with Crippen LogP contribution in [0.4, 0.5) is 5.13 Å². The molecule has 13 heteroatoms. The summed E-state index contributed by atoms with van der Waals surface area (Å²) in [6.07, 6.45) is 3.89. The van der Waals surface area contributed by atoms with Crippen molar-refractivity contribution in [3.8, 4) is 0 Å². The van der Waals surface area contributed by atoms with Crippen LogP contribution in [0.25, 0.3) is 10.2 Å². The van der Waals surface area contributed by atoms with Gasteiger partial charge in [-0.25, -0.2) is 21.8 Å². The highest BCUT2D eigenvalue weighted by atomic mass is 35.5. The molecule has 2 heterocycles. The lowest BCUT2D eigenvalue weighted by molar-refractivity contribution is 0.0985. The highest BCUT2D eigenvalue weighted by Gasteiger charge is 2.27. The lowest BCUT2D eigenvalue weighted by Gasteiger charge is -2.26. The zero-order valence-electron chi connectivity index (χ0n) is 21.0. The first kappa shape index (κ1) is 29.5. The van der Waals surface area contributed by atoms with Crippen LogP contribution >= 0.6 is 23.7 Å². The van der Waals surface area contributed by atoms with Gasteiger partial charge in [0.15, 0.2) is 15.0 Å². The van der Waals surface area contributed by atoms with Crippen LogP contribution in [0.5, 0.6) is 0 Å². The molecule has 0 unspecified atom stereocenters. The number of carbonyl (C=O) groups excluding carboxylic acids is 1. The van der Waals surface area contributed by atoms with E-state index in [1.165, 1.54) is 46.0 Å². The third-order valence-electron chi connectivity index (χ3n) is 6.08. The van der Waals surface area contributed by atoms with E-state index in [-0.39, 0.29) is 28.1 Å². The van der Waals surface area contributed by atoms with Crippen molar-refractivity contribution in [2.75, 3.05) is 51.4 Å². The van der Waals surface area contributed by atoms with Gasteiger partial charge in [-0.15, -0.1) is 12.4 Å². The number of aromatic nitrogens is 1. The number of benzene rings is 2. The van der Waals surface area contributed by atoms with Gasteiger partial charge in [-0.1, -0.05) is 17.8 Å². The second-order valence-corrected chi connectivity index (χ2v) is 14.1. The Morgan fingerprint density at radius 2 is 1.57 bits per heavy atom. The molecule has 0 saturated carbocycles. The molecular weight excluding hydrogens is 556 g/mol. The summed E-state index contributed by atoms with van der Waals surface area (Å²) in [6, 6.07) is 10.8. The lowest BCUT2D eigenvalue weighted by Crippen LogP contribution is -2.37. The van der Waals surface area contributed by atoms with Crippen LogP contribution in [0.3, 0.4) is 0 Å². The fraction of sp³-hybridized carbons (Fsp3) is 0.417. The number of anilines is 1. The molecule has 202 valence electrons. The van der Waals surface area contributed by atoms with Gasteiger partial charge in [0.2, 0.25) is 10.0 Å². The number of sulfonamides is 1. The van der Waals surface area contributed by atoms with E-state index in [0.29, 0.717) is 47.1 Å². The van der Waals surface area contributed by atoms with Gasteiger partial charge in [-0.2, -0.15) is 4.31 Å². The summed E-state index contributed by atoms with van der Waals surface area (Å²) in [5.41, 5.74) is 0.954. The van der Waals surface area contributed by atoms with Gasteiger partial charge in [0.05, 0.1) is 20.0 Å². The fourth-order valence-corrected chi connectivity index (χ4v) is 7.27. The Hall–Kier alpha value is -2.09. The Balaban J connectivity index is 0.00000380. The van der Waals surface area contributed by atoms with Crippen molar-refractivity contribution in [3.63, 3.8) is 0 Å². The maximum atomic E-state index is 13.5. The van der Waals surface area contributed by atoms with Crippen molar-refractivity contribution in [1.29, 1.82) is 0 Å². The van der Waals surface area contributed by atoms with Crippen LogP contribution in [0.1, 0.15) is 29.6 Å². The van der Waals surface area contributed by atoms with Gasteiger partial charge in [0.1, 0.15) is 0 Å². The van der Waals surface area contributed by atoms with E-state index < -0.39 is 19.9 Å². The Labute approximate surface area is 228 Å². The topological polar surface area (TPSA) is 108 Å². The average molecular weight is 587 g/mol. The third-order valence-corrected chi connectivity index (χ3v) is 10.1. The van der Waals surface area contributed by atoms with E-state index in [1.54, 1.807) is 17.0 Å². The number of sulfone groups is 1. The zero-order chi connectivity index (χ0) is 26.1. The van der Waals surface area contributed by atoms with E-state index >= 15 is 0 Å². The minimum Gasteiger partial charge on any atom is -0.308 e. The molecule has 1 aliphatic rings. The quantitative estimate of drug-likeness (QED) is 0.397. The first-order chi connectivity index (χ1) is 17.0. The van der Waals surface area contributed by atoms with Crippen molar-refractivity contribution >= 4 is 64.9 Å². The van der Waals surface area contributed by atoms with Gasteiger partial charge >= 0.3 is 0 Å². The summed E-state index contributed by atoms with van der Waals surface area (Å²) >= 11 is 1.24. The Morgan fingerprint density at radius 3 is 2.16 bits per heavy atom. The number of piperidine rings is 1. The van der Waals surface area contributed by atoms with Crippen LogP contribution < -0.4 is 4.90 Å². The molecule has 4 rings (SSSR count). The van der Waals surface area contributed by atoms with Crippen molar-refractivity contribution in [1.82, 2.24) is 14.2 Å². The summed E-state index contributed by atoms with van der Waals surface area (Å²) < 4.78 is 52.0. The number of rotatable bonds is 8. The molecule has 1 aliphatic heterocycles. The van der Waals surface area contributed by atoms with Gasteiger partial charge < -0.3 is 4.90 Å². The monoisotopic (exact) mass is 586 g/mol. The van der Waals surface area contributed by atoms with Crippen LogP contribution in [0, 0.1) is 0 Å². The maximum absolute atomic E-state index is 13.5. The normalized spacial score (nSPS) is 15.0. The number of hydrogen-bond acceptors (Lipinski definition) is 8. The molecule has 1 amide bonds. The van der Waals surface area contributed by atoms with Crippen LogP contribution in [-0.2, 0) is 19.9 Å². The molecule has 0 atom stereocenters. The first-order valence-electron chi connectivity index (χ1n) is 11.6. The molecular formula is C24H31ClN4O5S3. The van der Waals surface area contributed by atoms with Crippen LogP contribution in [0.15, 0.2) is 52.3 Å². The average Bonchev–Trinajstić information content (AvgIpc) is 3.27. The Bertz CT molecular complexity index is 1470. The van der Waals surface area contributed by atoms with Crippen molar-refractivity contribution in [2.45, 2.75) is 29.1 Å². The molecule has 1 saturated heterocycles. The largest absolute Gasteiger partial charge is 0.308 e. The van der Waals surface area contributed by atoms with E-state index in [0.717, 1.165) is 25.5 Å². The molecule has 0 bridgehead atoms. The van der Waals surface area contributed by atoms with Gasteiger partial charge in [-0.3, -0.25) is 9.69 Å². The molecule has 3 aromatic rings. The second kappa shape index (κ2) is 11.7. The molecule has 0 aliphatic carbocycles. The summed E-state index contributed by atoms with van der Waals surface area (Å²) in [7, 11) is -3.16. The van der Waals surface area contributed by atoms with E-state index in [1.807, 2.05) is 19.0 Å². The van der Waals surface area contributed by atoms with E-state index in [2.05, 4.69) is 4.98 Å². The predicted molar refractivity (Wildman–Crippen MR) is 149 cm³/mol. The lowest BCUT2D eigenvalue weighted by atomic mass is 10.2. The number of nitrogens with zero attached hydrogens (tertiary/aromatic N) is 4. The number of hydrogen-bond donors (Lipinski definition) is 0. The molecule has 1 aromatic heterocycles. The van der Waals surface area contributed by atoms with Crippen molar-refractivity contribution < 1.29 is 21.6 Å². The number of likely N-dealkylation sites (N-methyl/N-ethyl adjacent to an activating group) is 1. The molecule has 0 radical (unpaired) electrons. The first-order valence-corrected chi connectivity index (χ1v) is 15.8. The number of fused-ring (bicyclic) bond motifs is 1. The fourth-order valence-electron chi connectivity index (χ4n) is 4.00. The molecule has 2 aromatic carbocycles. The highest BCUT2D eigenvalue weighted by Crippen LogP contribution is 2.31. The minimum absolute atomic E-state index is 0. The number of amides is 1. The molecule has 9 nitrogen and oxygen atoms in total. The predicted octanol–water partition coefficient (Wildman–Crippen LogP) is 3.50.